The van der Waals surface area contributed by atoms with E-state index in [1.807, 2.05) is 13.8 Å². The number of hydrogen-bond acceptors (Lipinski definition) is 4. The van der Waals surface area contributed by atoms with Crippen LogP contribution in [0.1, 0.15) is 53.0 Å². The van der Waals surface area contributed by atoms with Crippen molar-refractivity contribution in [1.82, 2.24) is 15.1 Å². The van der Waals surface area contributed by atoms with Crippen molar-refractivity contribution < 1.29 is 19.4 Å². The zero-order valence-electron chi connectivity index (χ0n) is 14.0. The monoisotopic (exact) mass is 311 g/mol. The molecular formula is C15H25N3O4. The molecule has 0 spiro atoms. The van der Waals surface area contributed by atoms with Crippen LogP contribution in [0.2, 0.25) is 0 Å². The Morgan fingerprint density at radius 1 is 1.36 bits per heavy atom. The summed E-state index contributed by atoms with van der Waals surface area (Å²) in [5.41, 5.74) is -1.20. The average molecular weight is 311 g/mol. The molecule has 0 saturated carbocycles. The second-order valence-electron chi connectivity index (χ2n) is 6.89. The van der Waals surface area contributed by atoms with Gasteiger partial charge >= 0.3 is 12.1 Å². The topological polar surface area (TPSA) is 93.5 Å². The van der Waals surface area contributed by atoms with E-state index in [-0.39, 0.29) is 6.54 Å². The second-order valence-corrected chi connectivity index (χ2v) is 6.89. The van der Waals surface area contributed by atoms with Gasteiger partial charge in [-0.25, -0.2) is 9.59 Å². The van der Waals surface area contributed by atoms with Gasteiger partial charge in [-0.05, 0) is 39.2 Å². The van der Waals surface area contributed by atoms with Crippen molar-refractivity contribution in [3.05, 3.63) is 18.0 Å². The normalized spacial score (nSPS) is 14.5. The van der Waals surface area contributed by atoms with E-state index in [0.717, 1.165) is 5.56 Å². The van der Waals surface area contributed by atoms with Crippen molar-refractivity contribution in [1.29, 1.82) is 0 Å². The number of carbonyl (C=O) groups is 2. The number of nitrogens with zero attached hydrogens (tertiary/aromatic N) is 2. The Labute approximate surface area is 130 Å². The summed E-state index contributed by atoms with van der Waals surface area (Å²) in [5, 5.41) is 16.0. The molecular weight excluding hydrogens is 286 g/mol. The number of hydrogen-bond donors (Lipinski definition) is 2. The Hall–Kier alpha value is -2.05. The van der Waals surface area contributed by atoms with E-state index in [0.29, 0.717) is 5.92 Å². The largest absolute Gasteiger partial charge is 0.479 e. The molecule has 0 bridgehead atoms. The standard InChI is InChI=1S/C15H25N3O4/c1-10(2)11-7-16-18(8-11)9-15(6,12(19)20)17-13(21)22-14(3,4)5/h7-8,10H,9H2,1-6H3,(H,17,21)(H,19,20). The maximum absolute atomic E-state index is 11.9. The van der Waals surface area contributed by atoms with Crippen molar-refractivity contribution in [2.45, 2.75) is 65.1 Å². The molecule has 0 saturated heterocycles. The van der Waals surface area contributed by atoms with Crippen LogP contribution in [-0.2, 0) is 16.1 Å². The number of aromatic nitrogens is 2. The zero-order valence-corrected chi connectivity index (χ0v) is 14.0. The molecule has 1 aromatic heterocycles. The average Bonchev–Trinajstić information content (AvgIpc) is 2.73. The molecule has 0 aliphatic heterocycles. The highest BCUT2D eigenvalue weighted by Crippen LogP contribution is 2.16. The minimum absolute atomic E-state index is 0.00823. The van der Waals surface area contributed by atoms with Gasteiger partial charge in [-0.3, -0.25) is 4.68 Å². The van der Waals surface area contributed by atoms with Gasteiger partial charge < -0.3 is 15.2 Å². The summed E-state index contributed by atoms with van der Waals surface area (Å²) in [6, 6.07) is 0. The van der Waals surface area contributed by atoms with Crippen LogP contribution in [0.15, 0.2) is 12.4 Å². The van der Waals surface area contributed by atoms with Crippen LogP contribution in [-0.4, -0.2) is 38.1 Å². The smallest absolute Gasteiger partial charge is 0.408 e. The first-order valence-corrected chi connectivity index (χ1v) is 7.20. The summed E-state index contributed by atoms with van der Waals surface area (Å²) >= 11 is 0. The number of carboxylic acids is 1. The fraction of sp³-hybridized carbons (Fsp3) is 0.667. The lowest BCUT2D eigenvalue weighted by molar-refractivity contribution is -0.144. The molecule has 0 aliphatic carbocycles. The molecule has 1 amide bonds. The minimum atomic E-state index is -1.51. The van der Waals surface area contributed by atoms with Crippen molar-refractivity contribution in [3.63, 3.8) is 0 Å². The first-order valence-electron chi connectivity index (χ1n) is 7.20. The molecule has 1 atom stereocenters. The van der Waals surface area contributed by atoms with Crippen LogP contribution in [0.4, 0.5) is 4.79 Å². The van der Waals surface area contributed by atoms with Gasteiger partial charge in [0.1, 0.15) is 5.60 Å². The predicted molar refractivity (Wildman–Crippen MR) is 81.7 cm³/mol. The lowest BCUT2D eigenvalue weighted by Crippen LogP contribution is -2.56. The van der Waals surface area contributed by atoms with E-state index in [4.69, 9.17) is 4.74 Å². The lowest BCUT2D eigenvalue weighted by Gasteiger charge is -2.28. The van der Waals surface area contributed by atoms with Gasteiger partial charge in [0.25, 0.3) is 0 Å². The number of ether oxygens (including phenoxy) is 1. The van der Waals surface area contributed by atoms with E-state index >= 15 is 0 Å². The summed E-state index contributed by atoms with van der Waals surface area (Å²) < 4.78 is 6.64. The van der Waals surface area contributed by atoms with Crippen LogP contribution in [0.5, 0.6) is 0 Å². The van der Waals surface area contributed by atoms with Gasteiger partial charge in [0, 0.05) is 6.20 Å². The van der Waals surface area contributed by atoms with E-state index in [1.165, 1.54) is 11.6 Å². The van der Waals surface area contributed by atoms with Crippen LogP contribution in [0.25, 0.3) is 0 Å². The maximum Gasteiger partial charge on any atom is 0.408 e. The maximum atomic E-state index is 11.9. The van der Waals surface area contributed by atoms with Crippen LogP contribution < -0.4 is 5.32 Å². The zero-order chi connectivity index (χ0) is 17.1. The van der Waals surface area contributed by atoms with Crippen LogP contribution in [0.3, 0.4) is 0 Å². The predicted octanol–water partition coefficient (Wildman–Crippen LogP) is 2.37. The van der Waals surface area contributed by atoms with E-state index in [2.05, 4.69) is 10.4 Å². The Bertz CT molecular complexity index is 545. The molecule has 1 heterocycles. The third-order valence-corrected chi connectivity index (χ3v) is 3.05. The molecule has 7 nitrogen and oxygen atoms in total. The first kappa shape index (κ1) is 18.0. The molecule has 0 radical (unpaired) electrons. The van der Waals surface area contributed by atoms with Crippen LogP contribution >= 0.6 is 0 Å². The van der Waals surface area contributed by atoms with E-state index in [1.54, 1.807) is 33.2 Å². The fourth-order valence-electron chi connectivity index (χ4n) is 1.78. The highest BCUT2D eigenvalue weighted by molar-refractivity contribution is 5.83. The number of carboxylic acid groups (broad SMARTS) is 1. The summed E-state index contributed by atoms with van der Waals surface area (Å²) in [6.45, 7) is 10.6. The fourth-order valence-corrected chi connectivity index (χ4v) is 1.78. The van der Waals surface area contributed by atoms with Crippen molar-refractivity contribution >= 4 is 12.1 Å². The molecule has 7 heteroatoms. The molecule has 1 unspecified atom stereocenters. The number of amides is 1. The molecule has 0 fully saturated rings. The minimum Gasteiger partial charge on any atom is -0.479 e. The number of aliphatic carboxylic acids is 1. The van der Waals surface area contributed by atoms with Crippen molar-refractivity contribution in [3.8, 4) is 0 Å². The van der Waals surface area contributed by atoms with Gasteiger partial charge in [-0.2, -0.15) is 5.10 Å². The summed E-state index contributed by atoms with van der Waals surface area (Å²) in [5.74, 6) is -0.858. The molecule has 0 aromatic carbocycles. The summed E-state index contributed by atoms with van der Waals surface area (Å²) in [6.07, 6.45) is 2.71. The quantitative estimate of drug-likeness (QED) is 0.870. The van der Waals surface area contributed by atoms with Crippen molar-refractivity contribution in [2.75, 3.05) is 0 Å². The van der Waals surface area contributed by atoms with E-state index < -0.39 is 23.2 Å². The SMILES string of the molecule is CC(C)c1cnn(CC(C)(NC(=O)OC(C)(C)C)C(=O)O)c1. The van der Waals surface area contributed by atoms with Gasteiger partial charge in [0.2, 0.25) is 0 Å². The van der Waals surface area contributed by atoms with Gasteiger partial charge in [0.05, 0.1) is 12.7 Å². The van der Waals surface area contributed by atoms with E-state index in [9.17, 15) is 14.7 Å². The molecule has 1 aromatic rings. The highest BCUT2D eigenvalue weighted by Gasteiger charge is 2.37. The Balaban J connectivity index is 2.86. The van der Waals surface area contributed by atoms with Gasteiger partial charge in [-0.1, -0.05) is 13.8 Å². The summed E-state index contributed by atoms with van der Waals surface area (Å²) in [7, 11) is 0. The van der Waals surface area contributed by atoms with Gasteiger partial charge in [-0.15, -0.1) is 0 Å². The molecule has 2 N–H and O–H groups in total. The number of nitrogens with one attached hydrogen (secondary N) is 1. The third-order valence-electron chi connectivity index (χ3n) is 3.05. The number of carbonyl (C=O) groups excluding carboxylic acids is 1. The molecule has 0 aliphatic rings. The summed E-state index contributed by atoms with van der Waals surface area (Å²) in [4.78, 5) is 23.4. The van der Waals surface area contributed by atoms with Crippen molar-refractivity contribution in [2.24, 2.45) is 0 Å². The van der Waals surface area contributed by atoms with Gasteiger partial charge in [0.15, 0.2) is 5.54 Å². The van der Waals surface area contributed by atoms with Crippen LogP contribution in [0, 0.1) is 0 Å². The Morgan fingerprint density at radius 2 is 1.95 bits per heavy atom. The Morgan fingerprint density at radius 3 is 2.36 bits per heavy atom. The third kappa shape index (κ3) is 5.05. The number of rotatable bonds is 5. The highest BCUT2D eigenvalue weighted by atomic mass is 16.6. The molecule has 22 heavy (non-hydrogen) atoms. The number of alkyl carbamates (subject to hydrolysis) is 1. The Kier molecular flexibility index (Phi) is 5.22. The lowest BCUT2D eigenvalue weighted by atomic mass is 10.0. The first-order chi connectivity index (χ1) is 9.93. The molecule has 124 valence electrons. The second kappa shape index (κ2) is 6.37. The molecule has 1 rings (SSSR count).